The molecule has 0 atom stereocenters. The molecule has 0 saturated heterocycles. The van der Waals surface area contributed by atoms with Crippen molar-refractivity contribution in [1.82, 2.24) is 9.62 Å². The molecule has 2 aromatic carbocycles. The Morgan fingerprint density at radius 3 is 2.38 bits per heavy atom. The lowest BCUT2D eigenvalue weighted by molar-refractivity contribution is -0.176. The Morgan fingerprint density at radius 1 is 1.09 bits per heavy atom. The van der Waals surface area contributed by atoms with Crippen molar-refractivity contribution in [3.05, 3.63) is 64.7 Å². The van der Waals surface area contributed by atoms with Crippen LogP contribution in [0.3, 0.4) is 0 Å². The predicted molar refractivity (Wildman–Crippen MR) is 106 cm³/mol. The van der Waals surface area contributed by atoms with Crippen LogP contribution in [0.25, 0.3) is 0 Å². The van der Waals surface area contributed by atoms with E-state index in [2.05, 4.69) is 10.1 Å². The molecule has 11 heteroatoms. The minimum atomic E-state index is -4.38. The van der Waals surface area contributed by atoms with E-state index in [9.17, 15) is 31.2 Å². The third kappa shape index (κ3) is 4.63. The largest absolute Gasteiger partial charge is 0.411 e. The fourth-order valence-corrected chi connectivity index (χ4v) is 5.22. The quantitative estimate of drug-likeness (QED) is 0.675. The van der Waals surface area contributed by atoms with Crippen molar-refractivity contribution in [2.75, 3.05) is 6.61 Å². The molecule has 4 rings (SSSR count). The molecule has 1 aliphatic heterocycles. The van der Waals surface area contributed by atoms with Gasteiger partial charge in [0.05, 0.1) is 12.2 Å². The fourth-order valence-electron chi connectivity index (χ4n) is 3.38. The molecule has 1 aliphatic carbocycles. The normalized spacial score (nSPS) is 17.3. The molecule has 0 aromatic heterocycles. The van der Waals surface area contributed by atoms with Gasteiger partial charge < -0.3 is 10.1 Å². The monoisotopic (exact) mass is 468 g/mol. The van der Waals surface area contributed by atoms with Crippen LogP contribution in [0.4, 0.5) is 13.2 Å². The summed E-state index contributed by atoms with van der Waals surface area (Å²) in [6.07, 6.45) is -3.11. The molecule has 1 saturated carbocycles. The number of alkyl halides is 3. The number of carbonyl (C=O) groups excluding carboxylic acids is 2. The Bertz CT molecular complexity index is 1160. The number of rotatable bonds is 7. The summed E-state index contributed by atoms with van der Waals surface area (Å²) in [4.78, 5) is 24.8. The average Bonchev–Trinajstić information content (AvgIpc) is 3.53. The van der Waals surface area contributed by atoms with Gasteiger partial charge in [0.15, 0.2) is 0 Å². The first-order valence-corrected chi connectivity index (χ1v) is 11.2. The topological polar surface area (TPSA) is 92.8 Å². The van der Waals surface area contributed by atoms with Gasteiger partial charge in [0.2, 0.25) is 0 Å². The van der Waals surface area contributed by atoms with Crippen molar-refractivity contribution in [3.8, 4) is 0 Å². The maximum atomic E-state index is 12.7. The highest BCUT2D eigenvalue weighted by molar-refractivity contribution is 7.90. The second-order valence-electron chi connectivity index (χ2n) is 7.66. The molecule has 0 spiro atoms. The molecule has 2 aromatic rings. The zero-order chi connectivity index (χ0) is 23.1. The summed E-state index contributed by atoms with van der Waals surface area (Å²) in [5.74, 6) is -1.08. The van der Waals surface area contributed by atoms with E-state index in [1.54, 1.807) is 24.3 Å². The van der Waals surface area contributed by atoms with E-state index in [4.69, 9.17) is 0 Å². The SMILES string of the molecule is O=C(NCc1ccc(COCC(F)(F)F)cc1)c1ccc2c(c1)S(=O)(=O)N(C1CC1)C2=O. The van der Waals surface area contributed by atoms with Crippen molar-refractivity contribution in [3.63, 3.8) is 0 Å². The van der Waals surface area contributed by atoms with Gasteiger partial charge in [-0.2, -0.15) is 13.2 Å². The van der Waals surface area contributed by atoms with Gasteiger partial charge in [-0.15, -0.1) is 0 Å². The molecular weight excluding hydrogens is 449 g/mol. The lowest BCUT2D eigenvalue weighted by Gasteiger charge is -2.13. The second-order valence-corrected chi connectivity index (χ2v) is 9.44. The van der Waals surface area contributed by atoms with Crippen LogP contribution >= 0.6 is 0 Å². The number of hydrogen-bond donors (Lipinski definition) is 1. The summed E-state index contributed by atoms with van der Waals surface area (Å²) in [5, 5.41) is 2.66. The van der Waals surface area contributed by atoms with Crippen LogP contribution < -0.4 is 5.32 Å². The Morgan fingerprint density at radius 2 is 1.75 bits per heavy atom. The molecule has 170 valence electrons. The molecule has 32 heavy (non-hydrogen) atoms. The van der Waals surface area contributed by atoms with E-state index in [0.717, 1.165) is 4.31 Å². The first-order valence-electron chi connectivity index (χ1n) is 9.79. The van der Waals surface area contributed by atoms with Gasteiger partial charge in [-0.1, -0.05) is 24.3 Å². The molecular formula is C21H19F3N2O5S. The molecule has 1 heterocycles. The van der Waals surface area contributed by atoms with Gasteiger partial charge in [-0.05, 0) is 42.2 Å². The lowest BCUT2D eigenvalue weighted by atomic mass is 10.1. The van der Waals surface area contributed by atoms with Gasteiger partial charge in [0, 0.05) is 18.2 Å². The summed E-state index contributed by atoms with van der Waals surface area (Å²) >= 11 is 0. The number of ether oxygens (including phenoxy) is 1. The van der Waals surface area contributed by atoms with E-state index in [1.807, 2.05) is 0 Å². The highest BCUT2D eigenvalue weighted by Crippen LogP contribution is 2.39. The third-order valence-corrected chi connectivity index (χ3v) is 6.98. The van der Waals surface area contributed by atoms with Crippen molar-refractivity contribution in [2.45, 2.75) is 43.1 Å². The zero-order valence-electron chi connectivity index (χ0n) is 16.7. The van der Waals surface area contributed by atoms with Crippen LogP contribution in [0.5, 0.6) is 0 Å². The number of benzene rings is 2. The Labute approximate surface area is 182 Å². The van der Waals surface area contributed by atoms with E-state index in [1.165, 1.54) is 18.2 Å². The number of halogens is 3. The van der Waals surface area contributed by atoms with Crippen LogP contribution in [-0.4, -0.2) is 43.4 Å². The van der Waals surface area contributed by atoms with Crippen LogP contribution in [0.1, 0.15) is 44.7 Å². The van der Waals surface area contributed by atoms with Gasteiger partial charge in [-0.3, -0.25) is 9.59 Å². The van der Waals surface area contributed by atoms with Crippen LogP contribution in [0.2, 0.25) is 0 Å². The molecule has 7 nitrogen and oxygen atoms in total. The third-order valence-electron chi connectivity index (χ3n) is 5.10. The first kappa shape index (κ1) is 22.3. The van der Waals surface area contributed by atoms with Gasteiger partial charge >= 0.3 is 6.18 Å². The second kappa shape index (κ2) is 8.21. The first-order chi connectivity index (χ1) is 15.1. The number of amides is 2. The van der Waals surface area contributed by atoms with Crippen LogP contribution in [0, 0.1) is 0 Å². The van der Waals surface area contributed by atoms with Crippen molar-refractivity contribution < 1.29 is 35.9 Å². The smallest absolute Gasteiger partial charge is 0.367 e. The Balaban J connectivity index is 1.37. The highest BCUT2D eigenvalue weighted by Gasteiger charge is 2.48. The molecule has 0 radical (unpaired) electrons. The summed E-state index contributed by atoms with van der Waals surface area (Å²) in [7, 11) is -3.96. The molecule has 1 N–H and O–H groups in total. The van der Waals surface area contributed by atoms with Gasteiger partial charge in [-0.25, -0.2) is 12.7 Å². The number of sulfonamides is 1. The summed E-state index contributed by atoms with van der Waals surface area (Å²) in [6, 6.07) is 10.1. The summed E-state index contributed by atoms with van der Waals surface area (Å²) in [5.41, 5.74) is 1.42. The fraction of sp³-hybridized carbons (Fsp3) is 0.333. The van der Waals surface area contributed by atoms with E-state index >= 15 is 0 Å². The van der Waals surface area contributed by atoms with Crippen LogP contribution in [-0.2, 0) is 27.9 Å². The summed E-state index contributed by atoms with van der Waals surface area (Å²) < 4.78 is 67.2. The number of hydrogen-bond acceptors (Lipinski definition) is 5. The van der Waals surface area contributed by atoms with Crippen LogP contribution in [0.15, 0.2) is 47.4 Å². The molecule has 1 fully saturated rings. The van der Waals surface area contributed by atoms with Crippen molar-refractivity contribution in [2.24, 2.45) is 0 Å². The average molecular weight is 468 g/mol. The Kier molecular flexibility index (Phi) is 5.72. The number of carbonyl (C=O) groups is 2. The highest BCUT2D eigenvalue weighted by atomic mass is 32.2. The summed E-state index contributed by atoms with van der Waals surface area (Å²) in [6.45, 7) is -1.39. The Hall–Kier alpha value is -2.92. The standard InChI is InChI=1S/C21H19F3N2O5S/c22-21(23,24)12-31-11-14-3-1-13(2-4-14)10-25-19(27)15-5-8-17-18(9-15)32(29,30)26(20(17)28)16-6-7-16/h1-5,8-9,16H,6-7,10-12H2,(H,25,27). The molecule has 2 amide bonds. The number of fused-ring (bicyclic) bond motifs is 1. The van der Waals surface area contributed by atoms with Gasteiger partial charge in [0.25, 0.3) is 21.8 Å². The van der Waals surface area contributed by atoms with Crippen molar-refractivity contribution >= 4 is 21.8 Å². The minimum absolute atomic E-state index is 0.0665. The number of nitrogens with zero attached hydrogens (tertiary/aromatic N) is 1. The number of nitrogens with one attached hydrogen (secondary N) is 1. The molecule has 2 aliphatic rings. The maximum absolute atomic E-state index is 12.7. The molecule has 0 bridgehead atoms. The predicted octanol–water partition coefficient (Wildman–Crippen LogP) is 3.00. The van der Waals surface area contributed by atoms with E-state index in [0.29, 0.717) is 24.0 Å². The van der Waals surface area contributed by atoms with Gasteiger partial charge in [0.1, 0.15) is 11.5 Å². The zero-order valence-corrected chi connectivity index (χ0v) is 17.5. The van der Waals surface area contributed by atoms with Crippen molar-refractivity contribution in [1.29, 1.82) is 0 Å². The van der Waals surface area contributed by atoms with E-state index in [-0.39, 0.29) is 35.2 Å². The lowest BCUT2D eigenvalue weighted by Crippen LogP contribution is -2.32. The maximum Gasteiger partial charge on any atom is 0.411 e. The molecule has 0 unspecified atom stereocenters. The van der Waals surface area contributed by atoms with E-state index < -0.39 is 34.6 Å². The minimum Gasteiger partial charge on any atom is -0.367 e.